The maximum atomic E-state index is 13.5. The Bertz CT molecular complexity index is 1700. The van der Waals surface area contributed by atoms with E-state index in [0.717, 1.165) is 10.0 Å². The van der Waals surface area contributed by atoms with Crippen molar-refractivity contribution in [2.24, 2.45) is 5.10 Å². The first kappa shape index (κ1) is 30.7. The fraction of sp³-hybridized carbons (Fsp3) is 0.267. The molecule has 0 aliphatic carbocycles. The molecule has 4 rings (SSSR count). The smallest absolute Gasteiger partial charge is 0.282 e. The molecule has 0 fully saturated rings. The molecule has 8 nitrogen and oxygen atoms in total. The molecule has 1 heterocycles. The molecule has 0 saturated heterocycles. The second-order valence-electron chi connectivity index (χ2n) is 10.3. The van der Waals surface area contributed by atoms with Gasteiger partial charge in [-0.15, -0.1) is 0 Å². The molecule has 0 saturated carbocycles. The molecule has 1 N–H and O–H groups in total. The van der Waals surface area contributed by atoms with E-state index in [-0.39, 0.29) is 28.8 Å². The van der Waals surface area contributed by atoms with Crippen molar-refractivity contribution in [3.63, 3.8) is 0 Å². The molecule has 4 aromatic rings. The van der Waals surface area contributed by atoms with Crippen LogP contribution in [0.5, 0.6) is 11.5 Å². The summed E-state index contributed by atoms with van der Waals surface area (Å²) in [6.07, 6.45) is 1.51. The van der Waals surface area contributed by atoms with Gasteiger partial charge in [-0.3, -0.25) is 9.59 Å². The van der Waals surface area contributed by atoms with Crippen molar-refractivity contribution in [2.75, 3.05) is 18.5 Å². The Labute approximate surface area is 260 Å². The van der Waals surface area contributed by atoms with Gasteiger partial charge in [-0.05, 0) is 66.2 Å². The van der Waals surface area contributed by atoms with Gasteiger partial charge in [0.25, 0.3) is 11.5 Å². The number of carbonyl (C=O) groups excluding carboxylic acids is 1. The molecule has 0 radical (unpaired) electrons. The summed E-state index contributed by atoms with van der Waals surface area (Å²) >= 11 is 13.6. The largest absolute Gasteiger partial charge is 0.490 e. The molecule has 1 aromatic heterocycles. The van der Waals surface area contributed by atoms with Crippen LogP contribution < -0.4 is 20.3 Å². The van der Waals surface area contributed by atoms with Gasteiger partial charge < -0.3 is 14.8 Å². The summed E-state index contributed by atoms with van der Waals surface area (Å²) in [4.78, 5) is 30.8. The number of nitrogens with one attached hydrogen (secondary N) is 1. The first-order chi connectivity index (χ1) is 19.4. The lowest BCUT2D eigenvalue weighted by molar-refractivity contribution is -0.118. The molecule has 0 aliphatic heterocycles. The highest BCUT2D eigenvalue weighted by Crippen LogP contribution is 2.42. The predicted octanol–water partition coefficient (Wildman–Crippen LogP) is 7.48. The molecule has 0 atom stereocenters. The van der Waals surface area contributed by atoms with Gasteiger partial charge in [0, 0.05) is 25.6 Å². The van der Waals surface area contributed by atoms with E-state index in [9.17, 15) is 9.59 Å². The van der Waals surface area contributed by atoms with Crippen LogP contribution in [-0.4, -0.2) is 35.0 Å². The zero-order chi connectivity index (χ0) is 29.9. The molecule has 1 amide bonds. The van der Waals surface area contributed by atoms with Crippen molar-refractivity contribution in [1.82, 2.24) is 9.66 Å². The Balaban J connectivity index is 1.68. The van der Waals surface area contributed by atoms with Gasteiger partial charge in [0.15, 0.2) is 18.1 Å². The monoisotopic (exact) mass is 702 g/mol. The summed E-state index contributed by atoms with van der Waals surface area (Å²) < 4.78 is 14.1. The third kappa shape index (κ3) is 7.17. The number of benzene rings is 3. The van der Waals surface area contributed by atoms with Gasteiger partial charge in [-0.2, -0.15) is 9.78 Å². The van der Waals surface area contributed by atoms with E-state index in [1.165, 1.54) is 10.9 Å². The van der Waals surface area contributed by atoms with Crippen LogP contribution in [-0.2, 0) is 10.2 Å². The predicted molar refractivity (Wildman–Crippen MR) is 171 cm³/mol. The third-order valence-corrected chi connectivity index (χ3v) is 7.87. The van der Waals surface area contributed by atoms with Crippen molar-refractivity contribution >= 4 is 72.2 Å². The summed E-state index contributed by atoms with van der Waals surface area (Å²) in [6, 6.07) is 14.5. The number of aryl methyl sites for hydroxylation is 1. The standard InChI is InChI=1S/C30H29Br2ClN4O4/c1-6-40-23-13-18(25(32)26(33)27(23)41-16-24(38)35-20-10-7-17(2)8-11-20)15-34-37-28(39)21-14-19(31)9-12-22(21)36-29(37)30(3,4)5/h7-15H,6,16H2,1-5H3,(H,35,38). The van der Waals surface area contributed by atoms with Crippen molar-refractivity contribution < 1.29 is 14.3 Å². The van der Waals surface area contributed by atoms with Gasteiger partial charge in [-0.25, -0.2) is 4.98 Å². The normalized spacial score (nSPS) is 11.7. The topological polar surface area (TPSA) is 94.8 Å². The molecular formula is C30H29Br2ClN4O4. The third-order valence-electron chi connectivity index (χ3n) is 5.93. The van der Waals surface area contributed by atoms with Crippen LogP contribution in [0.4, 0.5) is 5.69 Å². The van der Waals surface area contributed by atoms with Crippen LogP contribution >= 0.6 is 43.5 Å². The number of ether oxygens (including phenoxy) is 2. The Morgan fingerprint density at radius 2 is 1.83 bits per heavy atom. The lowest BCUT2D eigenvalue weighted by atomic mass is 9.95. The summed E-state index contributed by atoms with van der Waals surface area (Å²) in [5.41, 5.74) is 2.10. The van der Waals surface area contributed by atoms with Crippen molar-refractivity contribution in [1.29, 1.82) is 0 Å². The highest BCUT2D eigenvalue weighted by molar-refractivity contribution is 9.10. The van der Waals surface area contributed by atoms with E-state index in [4.69, 9.17) is 26.1 Å². The van der Waals surface area contributed by atoms with Crippen LogP contribution in [0.2, 0.25) is 5.02 Å². The minimum absolute atomic E-state index is 0.199. The highest BCUT2D eigenvalue weighted by atomic mass is 79.9. The van der Waals surface area contributed by atoms with Crippen molar-refractivity contribution in [2.45, 2.75) is 40.0 Å². The van der Waals surface area contributed by atoms with Gasteiger partial charge in [0.2, 0.25) is 0 Å². The molecule has 0 aliphatic rings. The van der Waals surface area contributed by atoms with Crippen molar-refractivity contribution in [3.8, 4) is 11.5 Å². The zero-order valence-corrected chi connectivity index (χ0v) is 27.1. The number of carbonyl (C=O) groups is 1. The Morgan fingerprint density at radius 3 is 2.49 bits per heavy atom. The van der Waals surface area contributed by atoms with Crippen LogP contribution in [0.25, 0.3) is 10.9 Å². The van der Waals surface area contributed by atoms with Crippen LogP contribution in [0.15, 0.2) is 67.4 Å². The van der Waals surface area contributed by atoms with Crippen molar-refractivity contribution in [3.05, 3.63) is 89.8 Å². The molecule has 0 spiro atoms. The number of anilines is 1. The number of rotatable bonds is 8. The first-order valence-electron chi connectivity index (χ1n) is 12.8. The fourth-order valence-electron chi connectivity index (χ4n) is 3.93. The summed E-state index contributed by atoms with van der Waals surface area (Å²) in [5.74, 6) is 0.689. The number of hydrogen-bond donors (Lipinski definition) is 1. The van der Waals surface area contributed by atoms with Crippen LogP contribution in [0.1, 0.15) is 44.6 Å². The SMILES string of the molecule is CCOc1cc(C=Nn2c(C(C)(C)C)nc3ccc(Br)cc3c2=O)c(Br)c(Cl)c1OCC(=O)Nc1ccc(C)cc1. The van der Waals surface area contributed by atoms with E-state index < -0.39 is 5.41 Å². The molecular weight excluding hydrogens is 676 g/mol. The number of hydrogen-bond acceptors (Lipinski definition) is 6. The van der Waals surface area contributed by atoms with E-state index in [0.29, 0.717) is 44.8 Å². The average molecular weight is 705 g/mol. The minimum Gasteiger partial charge on any atom is -0.490 e. The number of halogens is 3. The maximum absolute atomic E-state index is 13.5. The van der Waals surface area contributed by atoms with Crippen LogP contribution in [0, 0.1) is 6.92 Å². The second kappa shape index (κ2) is 12.8. The molecule has 3 aromatic carbocycles. The Hall–Kier alpha value is -3.21. The molecule has 214 valence electrons. The van der Waals surface area contributed by atoms with E-state index in [1.54, 1.807) is 18.2 Å². The molecule has 0 bridgehead atoms. The van der Waals surface area contributed by atoms with E-state index in [1.807, 2.05) is 65.0 Å². The number of nitrogens with zero attached hydrogens (tertiary/aromatic N) is 3. The van der Waals surface area contributed by atoms with Gasteiger partial charge in [0.05, 0.1) is 23.7 Å². The van der Waals surface area contributed by atoms with Crippen LogP contribution in [0.3, 0.4) is 0 Å². The van der Waals surface area contributed by atoms with Gasteiger partial charge in [-0.1, -0.05) is 66.0 Å². The summed E-state index contributed by atoms with van der Waals surface area (Å²) in [6.45, 7) is 9.74. The minimum atomic E-state index is -0.472. The summed E-state index contributed by atoms with van der Waals surface area (Å²) in [7, 11) is 0. The van der Waals surface area contributed by atoms with E-state index >= 15 is 0 Å². The Kier molecular flexibility index (Phi) is 9.56. The Morgan fingerprint density at radius 1 is 1.12 bits per heavy atom. The molecule has 0 unspecified atom stereocenters. The highest BCUT2D eigenvalue weighted by Gasteiger charge is 2.23. The molecule has 11 heteroatoms. The lowest BCUT2D eigenvalue weighted by Crippen LogP contribution is -2.29. The first-order valence-corrected chi connectivity index (χ1v) is 14.8. The van der Waals surface area contributed by atoms with E-state index in [2.05, 4.69) is 42.3 Å². The fourth-order valence-corrected chi connectivity index (χ4v) is 4.94. The van der Waals surface area contributed by atoms with Gasteiger partial charge >= 0.3 is 0 Å². The van der Waals surface area contributed by atoms with Gasteiger partial charge in [0.1, 0.15) is 10.8 Å². The second-order valence-corrected chi connectivity index (χ2v) is 12.4. The number of aromatic nitrogens is 2. The average Bonchev–Trinajstić information content (AvgIpc) is 2.91. The molecule has 41 heavy (non-hydrogen) atoms. The number of fused-ring (bicyclic) bond motifs is 1. The zero-order valence-electron chi connectivity index (χ0n) is 23.2. The lowest BCUT2D eigenvalue weighted by Gasteiger charge is -2.21. The quantitative estimate of drug-likeness (QED) is 0.192. The maximum Gasteiger partial charge on any atom is 0.282 e. The number of amides is 1. The summed E-state index contributed by atoms with van der Waals surface area (Å²) in [5, 5.41) is 7.96.